The number of hydrogen-bond donors (Lipinski definition) is 4. The maximum atomic E-state index is 12.2. The number of benzene rings is 1. The van der Waals surface area contributed by atoms with Crippen LogP contribution < -0.4 is 10.6 Å². The third-order valence-electron chi connectivity index (χ3n) is 3.38. The van der Waals surface area contributed by atoms with E-state index in [1.54, 1.807) is 49.3 Å². The van der Waals surface area contributed by atoms with Crippen molar-refractivity contribution in [1.82, 2.24) is 30.6 Å². The molecule has 0 unspecified atom stereocenters. The van der Waals surface area contributed by atoms with Gasteiger partial charge in [-0.25, -0.2) is 9.97 Å². The van der Waals surface area contributed by atoms with Crippen molar-refractivity contribution >= 4 is 11.8 Å². The largest absolute Gasteiger partial charge is 0.347 e. The molecular formula is C16H16N6O2. The van der Waals surface area contributed by atoms with Gasteiger partial charge in [0, 0.05) is 23.5 Å². The predicted molar refractivity (Wildman–Crippen MR) is 86.0 cm³/mol. The first-order chi connectivity index (χ1) is 11.7. The first kappa shape index (κ1) is 15.5. The number of nitrogens with one attached hydrogen (secondary N) is 4. The van der Waals surface area contributed by atoms with Crippen LogP contribution in [0.4, 0.5) is 0 Å². The van der Waals surface area contributed by atoms with Gasteiger partial charge in [-0.15, -0.1) is 0 Å². The highest BCUT2D eigenvalue weighted by molar-refractivity contribution is 5.99. The summed E-state index contributed by atoms with van der Waals surface area (Å²) in [6.07, 6.45) is 6.37. The number of aromatic amines is 2. The second kappa shape index (κ2) is 7.23. The lowest BCUT2D eigenvalue weighted by molar-refractivity contribution is 0.0950. The molecule has 8 nitrogen and oxygen atoms in total. The van der Waals surface area contributed by atoms with Gasteiger partial charge in [0.05, 0.1) is 37.1 Å². The third kappa shape index (κ3) is 3.86. The zero-order valence-electron chi connectivity index (χ0n) is 12.7. The summed E-state index contributed by atoms with van der Waals surface area (Å²) in [5.41, 5.74) is 2.45. The molecule has 1 aromatic carbocycles. The van der Waals surface area contributed by atoms with E-state index in [2.05, 4.69) is 30.6 Å². The molecule has 2 heterocycles. The molecule has 0 aliphatic rings. The van der Waals surface area contributed by atoms with Gasteiger partial charge in [0.15, 0.2) is 0 Å². The Labute approximate surface area is 137 Å². The highest BCUT2D eigenvalue weighted by atomic mass is 16.2. The van der Waals surface area contributed by atoms with Crippen molar-refractivity contribution in [2.24, 2.45) is 0 Å². The molecule has 0 aliphatic carbocycles. The van der Waals surface area contributed by atoms with Gasteiger partial charge >= 0.3 is 0 Å². The fraction of sp³-hybridized carbons (Fsp3) is 0.125. The number of rotatable bonds is 6. The van der Waals surface area contributed by atoms with E-state index >= 15 is 0 Å². The number of nitrogens with zero attached hydrogens (tertiary/aromatic N) is 2. The molecule has 2 aromatic heterocycles. The molecule has 0 saturated heterocycles. The topological polar surface area (TPSA) is 116 Å². The first-order valence-corrected chi connectivity index (χ1v) is 7.33. The van der Waals surface area contributed by atoms with E-state index < -0.39 is 0 Å². The number of hydrogen-bond acceptors (Lipinski definition) is 4. The summed E-state index contributed by atoms with van der Waals surface area (Å²) in [7, 11) is 0. The van der Waals surface area contributed by atoms with E-state index in [-0.39, 0.29) is 11.8 Å². The Morgan fingerprint density at radius 1 is 0.875 bits per heavy atom. The molecule has 0 saturated carbocycles. The molecular weight excluding hydrogens is 308 g/mol. The molecule has 0 fully saturated rings. The van der Waals surface area contributed by atoms with Crippen molar-refractivity contribution < 1.29 is 9.59 Å². The van der Waals surface area contributed by atoms with Crippen molar-refractivity contribution in [3.63, 3.8) is 0 Å². The number of amides is 2. The van der Waals surface area contributed by atoms with Gasteiger partial charge < -0.3 is 20.6 Å². The highest BCUT2D eigenvalue weighted by Crippen LogP contribution is 2.06. The standard InChI is InChI=1S/C16H16N6O2/c23-15(19-7-13-5-17-9-21-13)11-2-1-3-12(4-11)16(24)20-8-14-6-18-10-22-14/h1-6,9-10H,7-8H2,(H,17,21)(H,18,22)(H,19,23)(H,20,24). The first-order valence-electron chi connectivity index (χ1n) is 7.33. The van der Waals surface area contributed by atoms with Crippen molar-refractivity contribution in [3.05, 3.63) is 71.8 Å². The van der Waals surface area contributed by atoms with E-state index in [0.717, 1.165) is 11.4 Å². The molecule has 122 valence electrons. The third-order valence-corrected chi connectivity index (χ3v) is 3.38. The minimum absolute atomic E-state index is 0.257. The lowest BCUT2D eigenvalue weighted by Gasteiger charge is -2.07. The minimum Gasteiger partial charge on any atom is -0.347 e. The van der Waals surface area contributed by atoms with Gasteiger partial charge in [-0.1, -0.05) is 6.07 Å². The Bertz CT molecular complexity index is 745. The van der Waals surface area contributed by atoms with E-state index in [1.165, 1.54) is 0 Å². The van der Waals surface area contributed by atoms with Crippen LogP contribution in [0.25, 0.3) is 0 Å². The van der Waals surface area contributed by atoms with Crippen LogP contribution in [0.3, 0.4) is 0 Å². The predicted octanol–water partition coefficient (Wildman–Crippen LogP) is 0.993. The maximum absolute atomic E-state index is 12.2. The second-order valence-electron chi connectivity index (χ2n) is 5.10. The molecule has 3 rings (SSSR count). The number of aromatic nitrogens is 4. The van der Waals surface area contributed by atoms with Crippen molar-refractivity contribution in [2.75, 3.05) is 0 Å². The average Bonchev–Trinajstić information content (AvgIpc) is 3.31. The fourth-order valence-corrected chi connectivity index (χ4v) is 2.12. The number of H-pyrrole nitrogens is 2. The average molecular weight is 324 g/mol. The summed E-state index contributed by atoms with van der Waals surface area (Å²) >= 11 is 0. The Hall–Kier alpha value is -3.42. The molecule has 0 radical (unpaired) electrons. The van der Waals surface area contributed by atoms with Crippen LogP contribution in [-0.2, 0) is 13.1 Å². The molecule has 3 aromatic rings. The normalized spacial score (nSPS) is 10.3. The quantitative estimate of drug-likeness (QED) is 0.541. The summed E-state index contributed by atoms with van der Waals surface area (Å²) < 4.78 is 0. The summed E-state index contributed by atoms with van der Waals surface area (Å²) in [6.45, 7) is 0.685. The molecule has 0 spiro atoms. The zero-order chi connectivity index (χ0) is 16.8. The summed E-state index contributed by atoms with van der Waals surface area (Å²) in [5, 5.41) is 5.53. The monoisotopic (exact) mass is 324 g/mol. The maximum Gasteiger partial charge on any atom is 0.251 e. The van der Waals surface area contributed by atoms with Gasteiger partial charge in [-0.3, -0.25) is 9.59 Å². The van der Waals surface area contributed by atoms with Crippen LogP contribution in [0.2, 0.25) is 0 Å². The van der Waals surface area contributed by atoms with Crippen LogP contribution in [0.5, 0.6) is 0 Å². The lowest BCUT2D eigenvalue weighted by Crippen LogP contribution is -2.25. The van der Waals surface area contributed by atoms with Crippen LogP contribution in [0.1, 0.15) is 32.1 Å². The summed E-state index contributed by atoms with van der Waals surface area (Å²) in [4.78, 5) is 37.9. The van der Waals surface area contributed by atoms with Crippen molar-refractivity contribution in [3.8, 4) is 0 Å². The lowest BCUT2D eigenvalue weighted by atomic mass is 10.1. The van der Waals surface area contributed by atoms with E-state index in [9.17, 15) is 9.59 Å². The van der Waals surface area contributed by atoms with Gasteiger partial charge in [0.25, 0.3) is 11.8 Å². The molecule has 0 atom stereocenters. The number of carbonyl (C=O) groups excluding carboxylic acids is 2. The number of carbonyl (C=O) groups is 2. The van der Waals surface area contributed by atoms with Crippen LogP contribution in [0.15, 0.2) is 49.3 Å². The van der Waals surface area contributed by atoms with Gasteiger partial charge in [0.2, 0.25) is 0 Å². The Morgan fingerprint density at radius 2 is 1.38 bits per heavy atom. The molecule has 0 aliphatic heterocycles. The SMILES string of the molecule is O=C(NCc1cnc[nH]1)c1cccc(C(=O)NCc2cnc[nH]2)c1. The van der Waals surface area contributed by atoms with E-state index in [1.807, 2.05) is 0 Å². The molecule has 24 heavy (non-hydrogen) atoms. The van der Waals surface area contributed by atoms with Crippen LogP contribution in [-0.4, -0.2) is 31.8 Å². The fourth-order valence-electron chi connectivity index (χ4n) is 2.12. The Balaban J connectivity index is 1.60. The second-order valence-corrected chi connectivity index (χ2v) is 5.10. The highest BCUT2D eigenvalue weighted by Gasteiger charge is 2.10. The molecule has 8 heteroatoms. The molecule has 4 N–H and O–H groups in total. The van der Waals surface area contributed by atoms with Gasteiger partial charge in [-0.05, 0) is 18.2 Å². The molecule has 0 bridgehead atoms. The van der Waals surface area contributed by atoms with Crippen LogP contribution >= 0.6 is 0 Å². The smallest absolute Gasteiger partial charge is 0.251 e. The minimum atomic E-state index is -0.257. The molecule has 2 amide bonds. The van der Waals surface area contributed by atoms with Gasteiger partial charge in [0.1, 0.15) is 0 Å². The zero-order valence-corrected chi connectivity index (χ0v) is 12.7. The van der Waals surface area contributed by atoms with E-state index in [4.69, 9.17) is 0 Å². The Morgan fingerprint density at radius 3 is 1.79 bits per heavy atom. The van der Waals surface area contributed by atoms with E-state index in [0.29, 0.717) is 24.2 Å². The van der Waals surface area contributed by atoms with Crippen LogP contribution in [0, 0.1) is 0 Å². The Kier molecular flexibility index (Phi) is 4.66. The summed E-state index contributed by atoms with van der Waals surface area (Å²) in [5.74, 6) is -0.513. The van der Waals surface area contributed by atoms with Gasteiger partial charge in [-0.2, -0.15) is 0 Å². The summed E-state index contributed by atoms with van der Waals surface area (Å²) in [6, 6.07) is 6.56. The number of imidazole rings is 2. The van der Waals surface area contributed by atoms with Crippen molar-refractivity contribution in [1.29, 1.82) is 0 Å². The van der Waals surface area contributed by atoms with Crippen molar-refractivity contribution in [2.45, 2.75) is 13.1 Å².